The molecule has 1 aromatic carbocycles. The van der Waals surface area contributed by atoms with Gasteiger partial charge in [0, 0.05) is 17.7 Å². The second kappa shape index (κ2) is 13.7. The molecule has 7 heteroatoms. The maximum atomic E-state index is 12.2. The SMILES string of the molecule is C/C=C/C=C/C(=O)OCC(OC(=O)/C=C/C=C/C)c1cc(OC)c(OC)c(OC)c1. The molecule has 162 valence electrons. The lowest BCUT2D eigenvalue weighted by atomic mass is 10.1. The number of benzene rings is 1. The second-order valence-electron chi connectivity index (χ2n) is 5.78. The fourth-order valence-electron chi connectivity index (χ4n) is 2.36. The van der Waals surface area contributed by atoms with Gasteiger partial charge < -0.3 is 23.7 Å². The summed E-state index contributed by atoms with van der Waals surface area (Å²) in [6.07, 6.45) is 11.7. The standard InChI is InChI=1S/C23H28O7/c1-6-8-10-12-21(24)29-16-20(30-22(25)13-11-9-7-2)17-14-18(26-3)23(28-5)19(15-17)27-4/h6-15,20H,16H2,1-5H3/b8-6+,9-7+,12-10+,13-11+. The summed E-state index contributed by atoms with van der Waals surface area (Å²) in [6, 6.07) is 3.27. The van der Waals surface area contributed by atoms with Crippen LogP contribution >= 0.6 is 0 Å². The molecule has 0 heterocycles. The van der Waals surface area contributed by atoms with Crippen molar-refractivity contribution in [2.75, 3.05) is 27.9 Å². The van der Waals surface area contributed by atoms with Crippen LogP contribution in [-0.4, -0.2) is 39.9 Å². The van der Waals surface area contributed by atoms with E-state index in [0.717, 1.165) is 0 Å². The first-order valence-electron chi connectivity index (χ1n) is 9.26. The molecular weight excluding hydrogens is 388 g/mol. The summed E-state index contributed by atoms with van der Waals surface area (Å²) in [5, 5.41) is 0. The largest absolute Gasteiger partial charge is 0.493 e. The Balaban J connectivity index is 3.18. The van der Waals surface area contributed by atoms with Crippen LogP contribution in [0.2, 0.25) is 0 Å². The molecular formula is C23H28O7. The zero-order valence-corrected chi connectivity index (χ0v) is 17.9. The summed E-state index contributed by atoms with van der Waals surface area (Å²) in [5.74, 6) is 0.0137. The predicted molar refractivity (Wildman–Crippen MR) is 114 cm³/mol. The van der Waals surface area contributed by atoms with E-state index < -0.39 is 18.0 Å². The minimum atomic E-state index is -0.888. The first-order valence-corrected chi connectivity index (χ1v) is 9.26. The van der Waals surface area contributed by atoms with Crippen molar-refractivity contribution in [1.82, 2.24) is 0 Å². The van der Waals surface area contributed by atoms with Crippen molar-refractivity contribution >= 4 is 11.9 Å². The van der Waals surface area contributed by atoms with Gasteiger partial charge in [0.05, 0.1) is 21.3 Å². The Morgan fingerprint density at radius 1 is 0.833 bits per heavy atom. The lowest BCUT2D eigenvalue weighted by Gasteiger charge is -2.20. The van der Waals surface area contributed by atoms with Crippen LogP contribution in [0, 0.1) is 0 Å². The van der Waals surface area contributed by atoms with Crippen molar-refractivity contribution in [1.29, 1.82) is 0 Å². The highest BCUT2D eigenvalue weighted by Crippen LogP contribution is 2.40. The van der Waals surface area contributed by atoms with Crippen LogP contribution in [0.25, 0.3) is 0 Å². The number of rotatable bonds is 11. The third kappa shape index (κ3) is 7.87. The summed E-state index contributed by atoms with van der Waals surface area (Å²) in [6.45, 7) is 3.47. The molecule has 0 saturated carbocycles. The first kappa shape index (κ1) is 24.6. The summed E-state index contributed by atoms with van der Waals surface area (Å²) in [4.78, 5) is 24.1. The van der Waals surface area contributed by atoms with Gasteiger partial charge in [0.1, 0.15) is 6.61 Å². The number of esters is 2. The smallest absolute Gasteiger partial charge is 0.331 e. The van der Waals surface area contributed by atoms with Crippen LogP contribution in [0.15, 0.2) is 60.7 Å². The Bertz CT molecular complexity index is 794. The van der Waals surface area contributed by atoms with E-state index in [0.29, 0.717) is 22.8 Å². The van der Waals surface area contributed by atoms with Gasteiger partial charge in [-0.05, 0) is 26.0 Å². The summed E-state index contributed by atoms with van der Waals surface area (Å²) < 4.78 is 26.8. The summed E-state index contributed by atoms with van der Waals surface area (Å²) in [7, 11) is 4.45. The molecule has 1 unspecified atom stereocenters. The highest BCUT2D eigenvalue weighted by Gasteiger charge is 2.22. The van der Waals surface area contributed by atoms with Gasteiger partial charge in [-0.2, -0.15) is 0 Å². The van der Waals surface area contributed by atoms with E-state index in [4.69, 9.17) is 23.7 Å². The van der Waals surface area contributed by atoms with Crippen LogP contribution < -0.4 is 14.2 Å². The molecule has 0 aliphatic heterocycles. The molecule has 0 aliphatic carbocycles. The molecule has 0 bridgehead atoms. The average Bonchev–Trinajstić information content (AvgIpc) is 2.75. The Labute approximate surface area is 177 Å². The molecule has 1 atom stereocenters. The average molecular weight is 416 g/mol. The molecule has 0 amide bonds. The molecule has 1 rings (SSSR count). The van der Waals surface area contributed by atoms with E-state index in [9.17, 15) is 9.59 Å². The Morgan fingerprint density at radius 2 is 1.37 bits per heavy atom. The van der Waals surface area contributed by atoms with E-state index in [1.807, 2.05) is 13.8 Å². The molecule has 0 aromatic heterocycles. The van der Waals surface area contributed by atoms with Crippen molar-refractivity contribution < 1.29 is 33.3 Å². The van der Waals surface area contributed by atoms with E-state index in [2.05, 4.69) is 0 Å². The third-order valence-electron chi connectivity index (χ3n) is 3.77. The fraction of sp³-hybridized carbons (Fsp3) is 0.304. The van der Waals surface area contributed by atoms with Crippen molar-refractivity contribution in [2.45, 2.75) is 20.0 Å². The van der Waals surface area contributed by atoms with Crippen LogP contribution in [-0.2, 0) is 19.1 Å². The predicted octanol–water partition coefficient (Wildman–Crippen LogP) is 4.10. The van der Waals surface area contributed by atoms with Crippen molar-refractivity contribution in [3.05, 3.63) is 66.3 Å². The highest BCUT2D eigenvalue weighted by atomic mass is 16.6. The molecule has 1 aromatic rings. The Kier molecular flexibility index (Phi) is 11.2. The maximum Gasteiger partial charge on any atom is 0.331 e. The molecule has 0 fully saturated rings. The number of hydrogen-bond acceptors (Lipinski definition) is 7. The molecule has 7 nitrogen and oxygen atoms in total. The van der Waals surface area contributed by atoms with E-state index in [-0.39, 0.29) is 6.61 Å². The molecule has 0 spiro atoms. The van der Waals surface area contributed by atoms with Crippen LogP contribution in [0.5, 0.6) is 17.2 Å². The lowest BCUT2D eigenvalue weighted by Crippen LogP contribution is -2.17. The van der Waals surface area contributed by atoms with Crippen LogP contribution in [0.3, 0.4) is 0 Å². The van der Waals surface area contributed by atoms with Gasteiger partial charge in [0.2, 0.25) is 5.75 Å². The minimum absolute atomic E-state index is 0.194. The van der Waals surface area contributed by atoms with Gasteiger partial charge in [-0.15, -0.1) is 0 Å². The summed E-state index contributed by atoms with van der Waals surface area (Å²) >= 11 is 0. The number of carbonyl (C=O) groups excluding carboxylic acids is 2. The molecule has 0 aliphatic rings. The Morgan fingerprint density at radius 3 is 1.83 bits per heavy atom. The van der Waals surface area contributed by atoms with Gasteiger partial charge in [-0.25, -0.2) is 9.59 Å². The Hall–Kier alpha value is -3.48. The topological polar surface area (TPSA) is 80.3 Å². The zero-order valence-electron chi connectivity index (χ0n) is 17.9. The number of ether oxygens (including phenoxy) is 5. The second-order valence-corrected chi connectivity index (χ2v) is 5.78. The van der Waals surface area contributed by atoms with Crippen molar-refractivity contribution in [2.24, 2.45) is 0 Å². The number of allylic oxidation sites excluding steroid dienone is 6. The molecule has 0 saturated heterocycles. The lowest BCUT2D eigenvalue weighted by molar-refractivity contribution is -0.153. The molecule has 30 heavy (non-hydrogen) atoms. The van der Waals surface area contributed by atoms with Gasteiger partial charge in [-0.3, -0.25) is 0 Å². The maximum absolute atomic E-state index is 12.2. The zero-order chi connectivity index (χ0) is 22.4. The fourth-order valence-corrected chi connectivity index (χ4v) is 2.36. The van der Waals surface area contributed by atoms with Gasteiger partial charge >= 0.3 is 11.9 Å². The van der Waals surface area contributed by atoms with Crippen LogP contribution in [0.4, 0.5) is 0 Å². The molecule has 0 N–H and O–H groups in total. The van der Waals surface area contributed by atoms with Gasteiger partial charge in [-0.1, -0.05) is 36.5 Å². The number of carbonyl (C=O) groups is 2. The van der Waals surface area contributed by atoms with Crippen molar-refractivity contribution in [3.63, 3.8) is 0 Å². The van der Waals surface area contributed by atoms with Crippen molar-refractivity contribution in [3.8, 4) is 17.2 Å². The van der Waals surface area contributed by atoms with E-state index >= 15 is 0 Å². The van der Waals surface area contributed by atoms with Gasteiger partial charge in [0.25, 0.3) is 0 Å². The quantitative estimate of drug-likeness (QED) is 0.305. The summed E-state index contributed by atoms with van der Waals surface area (Å²) in [5.41, 5.74) is 0.516. The third-order valence-corrected chi connectivity index (χ3v) is 3.77. The molecule has 0 radical (unpaired) electrons. The highest BCUT2D eigenvalue weighted by molar-refractivity contribution is 5.83. The first-order chi connectivity index (χ1) is 14.5. The normalized spacial score (nSPS) is 12.6. The number of hydrogen-bond donors (Lipinski definition) is 0. The monoisotopic (exact) mass is 416 g/mol. The van der Waals surface area contributed by atoms with Gasteiger partial charge in [0.15, 0.2) is 17.6 Å². The number of methoxy groups -OCH3 is 3. The minimum Gasteiger partial charge on any atom is -0.493 e. The van der Waals surface area contributed by atoms with E-state index in [1.165, 1.54) is 33.5 Å². The van der Waals surface area contributed by atoms with Crippen LogP contribution in [0.1, 0.15) is 25.5 Å². The van der Waals surface area contributed by atoms with E-state index in [1.54, 1.807) is 48.6 Å².